The molecular formula is C11H20N2OS. The highest BCUT2D eigenvalue weighted by atomic mass is 32.1. The Morgan fingerprint density at radius 3 is 2.93 bits per heavy atom. The van der Waals surface area contributed by atoms with Crippen LogP contribution in [0.15, 0.2) is 10.9 Å². The Balaban J connectivity index is 2.18. The summed E-state index contributed by atoms with van der Waals surface area (Å²) in [6.45, 7) is 6.53. The summed E-state index contributed by atoms with van der Waals surface area (Å²) in [5.74, 6) is 0. The number of aliphatic hydroxyl groups is 1. The predicted molar refractivity (Wildman–Crippen MR) is 63.9 cm³/mol. The molecule has 1 rings (SSSR count). The summed E-state index contributed by atoms with van der Waals surface area (Å²) in [4.78, 5) is 4.21. The highest BCUT2D eigenvalue weighted by Crippen LogP contribution is 2.20. The van der Waals surface area contributed by atoms with Crippen molar-refractivity contribution in [2.75, 3.05) is 13.2 Å². The van der Waals surface area contributed by atoms with Crippen molar-refractivity contribution in [3.8, 4) is 0 Å². The third-order valence-electron chi connectivity index (χ3n) is 2.40. The maximum absolute atomic E-state index is 8.78. The van der Waals surface area contributed by atoms with E-state index in [2.05, 4.69) is 29.5 Å². The number of hydrogen-bond acceptors (Lipinski definition) is 4. The van der Waals surface area contributed by atoms with Crippen molar-refractivity contribution in [2.24, 2.45) is 5.41 Å². The molecule has 0 radical (unpaired) electrons. The average Bonchev–Trinajstić information content (AvgIpc) is 2.67. The SMILES string of the molecule is CC(C)(CCCO)CNCc1cscn1. The second-order valence-corrected chi connectivity index (χ2v) is 5.29. The minimum Gasteiger partial charge on any atom is -0.396 e. The molecule has 0 aliphatic heterocycles. The Bertz CT molecular complexity index is 260. The zero-order valence-corrected chi connectivity index (χ0v) is 10.3. The number of nitrogens with one attached hydrogen (secondary N) is 1. The number of nitrogens with zero attached hydrogens (tertiary/aromatic N) is 1. The number of aromatic nitrogens is 1. The summed E-state index contributed by atoms with van der Waals surface area (Å²) in [5, 5.41) is 14.2. The lowest BCUT2D eigenvalue weighted by Gasteiger charge is -2.24. The van der Waals surface area contributed by atoms with Crippen LogP contribution in [0.1, 0.15) is 32.4 Å². The first-order chi connectivity index (χ1) is 7.14. The van der Waals surface area contributed by atoms with E-state index in [1.807, 2.05) is 5.51 Å². The lowest BCUT2D eigenvalue weighted by atomic mass is 9.88. The third-order valence-corrected chi connectivity index (χ3v) is 3.04. The van der Waals surface area contributed by atoms with Gasteiger partial charge in [-0.1, -0.05) is 13.8 Å². The first-order valence-corrected chi connectivity index (χ1v) is 6.27. The van der Waals surface area contributed by atoms with Crippen LogP contribution in [-0.4, -0.2) is 23.2 Å². The van der Waals surface area contributed by atoms with Gasteiger partial charge in [-0.25, -0.2) is 4.98 Å². The summed E-state index contributed by atoms with van der Waals surface area (Å²) < 4.78 is 0. The molecule has 0 unspecified atom stereocenters. The van der Waals surface area contributed by atoms with Gasteiger partial charge >= 0.3 is 0 Å². The molecule has 2 N–H and O–H groups in total. The molecular weight excluding hydrogens is 208 g/mol. The Kier molecular flexibility index (Phi) is 5.22. The van der Waals surface area contributed by atoms with Crippen molar-refractivity contribution in [1.82, 2.24) is 10.3 Å². The smallest absolute Gasteiger partial charge is 0.0795 e. The van der Waals surface area contributed by atoms with Crippen molar-refractivity contribution in [3.05, 3.63) is 16.6 Å². The van der Waals surface area contributed by atoms with E-state index in [4.69, 9.17) is 5.11 Å². The Hall–Kier alpha value is -0.450. The largest absolute Gasteiger partial charge is 0.396 e. The van der Waals surface area contributed by atoms with E-state index in [9.17, 15) is 0 Å². The van der Waals surface area contributed by atoms with Crippen molar-refractivity contribution in [3.63, 3.8) is 0 Å². The summed E-state index contributed by atoms with van der Waals surface area (Å²) in [6.07, 6.45) is 1.93. The summed E-state index contributed by atoms with van der Waals surface area (Å²) in [5.41, 5.74) is 3.21. The Labute approximate surface area is 95.6 Å². The van der Waals surface area contributed by atoms with E-state index < -0.39 is 0 Å². The fraction of sp³-hybridized carbons (Fsp3) is 0.727. The van der Waals surface area contributed by atoms with Gasteiger partial charge in [0.1, 0.15) is 0 Å². The Morgan fingerprint density at radius 1 is 1.53 bits per heavy atom. The molecule has 86 valence electrons. The van der Waals surface area contributed by atoms with E-state index in [-0.39, 0.29) is 12.0 Å². The molecule has 0 saturated heterocycles. The van der Waals surface area contributed by atoms with Crippen molar-refractivity contribution >= 4 is 11.3 Å². The molecule has 0 bridgehead atoms. The van der Waals surface area contributed by atoms with Crippen LogP contribution in [0.5, 0.6) is 0 Å². The highest BCUT2D eigenvalue weighted by molar-refractivity contribution is 7.07. The zero-order valence-electron chi connectivity index (χ0n) is 9.49. The molecule has 0 aromatic carbocycles. The third kappa shape index (κ3) is 5.25. The maximum Gasteiger partial charge on any atom is 0.0795 e. The van der Waals surface area contributed by atoms with Gasteiger partial charge in [0, 0.05) is 25.1 Å². The second kappa shape index (κ2) is 6.20. The topological polar surface area (TPSA) is 45.1 Å². The number of aliphatic hydroxyl groups excluding tert-OH is 1. The first-order valence-electron chi connectivity index (χ1n) is 5.33. The van der Waals surface area contributed by atoms with Crippen LogP contribution in [0.4, 0.5) is 0 Å². The average molecular weight is 228 g/mol. The number of thiazole rings is 1. The van der Waals surface area contributed by atoms with E-state index in [0.29, 0.717) is 0 Å². The van der Waals surface area contributed by atoms with Gasteiger partial charge < -0.3 is 10.4 Å². The summed E-state index contributed by atoms with van der Waals surface area (Å²) >= 11 is 1.63. The molecule has 0 amide bonds. The minimum absolute atomic E-state index is 0.249. The first kappa shape index (κ1) is 12.6. The zero-order chi connectivity index (χ0) is 11.1. The van der Waals surface area contributed by atoms with Crippen molar-refractivity contribution < 1.29 is 5.11 Å². The number of hydrogen-bond donors (Lipinski definition) is 2. The molecule has 1 aromatic heterocycles. The van der Waals surface area contributed by atoms with E-state index in [1.54, 1.807) is 11.3 Å². The monoisotopic (exact) mass is 228 g/mol. The van der Waals surface area contributed by atoms with Gasteiger partial charge in [-0.15, -0.1) is 11.3 Å². The van der Waals surface area contributed by atoms with E-state index >= 15 is 0 Å². The standard InChI is InChI=1S/C11H20N2OS/c1-11(2,4-3-5-14)8-12-6-10-7-15-9-13-10/h7,9,12,14H,3-6,8H2,1-2H3. The molecule has 0 spiro atoms. The van der Waals surface area contributed by atoms with Crippen LogP contribution in [-0.2, 0) is 6.54 Å². The van der Waals surface area contributed by atoms with E-state index in [1.165, 1.54) is 0 Å². The molecule has 1 heterocycles. The molecule has 15 heavy (non-hydrogen) atoms. The maximum atomic E-state index is 8.78. The van der Waals surface area contributed by atoms with Gasteiger partial charge in [-0.2, -0.15) is 0 Å². The van der Waals surface area contributed by atoms with Crippen LogP contribution < -0.4 is 5.32 Å². The predicted octanol–water partition coefficient (Wildman–Crippen LogP) is 2.03. The Morgan fingerprint density at radius 2 is 2.33 bits per heavy atom. The molecule has 4 heteroatoms. The quantitative estimate of drug-likeness (QED) is 0.750. The van der Waals surface area contributed by atoms with Crippen LogP contribution in [0.25, 0.3) is 0 Å². The van der Waals surface area contributed by atoms with Crippen LogP contribution in [0.2, 0.25) is 0 Å². The lowest BCUT2D eigenvalue weighted by Crippen LogP contribution is -2.29. The molecule has 0 aliphatic carbocycles. The van der Waals surface area contributed by atoms with Gasteiger partial charge in [-0.05, 0) is 18.3 Å². The number of rotatable bonds is 7. The lowest BCUT2D eigenvalue weighted by molar-refractivity contribution is 0.236. The second-order valence-electron chi connectivity index (χ2n) is 4.57. The molecule has 0 fully saturated rings. The summed E-state index contributed by atoms with van der Waals surface area (Å²) in [7, 11) is 0. The fourth-order valence-corrected chi connectivity index (χ4v) is 2.06. The van der Waals surface area contributed by atoms with Gasteiger partial charge in [0.2, 0.25) is 0 Å². The normalized spacial score (nSPS) is 11.9. The van der Waals surface area contributed by atoms with Crippen LogP contribution in [0, 0.1) is 5.41 Å². The van der Waals surface area contributed by atoms with Crippen molar-refractivity contribution in [2.45, 2.75) is 33.2 Å². The highest BCUT2D eigenvalue weighted by Gasteiger charge is 2.16. The van der Waals surface area contributed by atoms with Gasteiger partial charge in [0.25, 0.3) is 0 Å². The van der Waals surface area contributed by atoms with E-state index in [0.717, 1.165) is 31.6 Å². The van der Waals surface area contributed by atoms with Gasteiger partial charge in [0.15, 0.2) is 0 Å². The van der Waals surface area contributed by atoms with Crippen LogP contribution in [0.3, 0.4) is 0 Å². The van der Waals surface area contributed by atoms with Crippen LogP contribution >= 0.6 is 11.3 Å². The van der Waals surface area contributed by atoms with Crippen molar-refractivity contribution in [1.29, 1.82) is 0 Å². The molecule has 0 atom stereocenters. The molecule has 0 aliphatic rings. The minimum atomic E-state index is 0.249. The molecule has 3 nitrogen and oxygen atoms in total. The van der Waals surface area contributed by atoms with Gasteiger partial charge in [-0.3, -0.25) is 0 Å². The summed E-state index contributed by atoms with van der Waals surface area (Å²) in [6, 6.07) is 0. The molecule has 0 saturated carbocycles. The fourth-order valence-electron chi connectivity index (χ4n) is 1.50. The molecule has 1 aromatic rings. The van der Waals surface area contributed by atoms with Gasteiger partial charge in [0.05, 0.1) is 11.2 Å².